The lowest BCUT2D eigenvalue weighted by atomic mass is 10.1. The van der Waals surface area contributed by atoms with E-state index in [-0.39, 0.29) is 0 Å². The lowest BCUT2D eigenvalue weighted by Gasteiger charge is -1.94. The van der Waals surface area contributed by atoms with Crippen molar-refractivity contribution in [3.8, 4) is 16.5 Å². The Balaban J connectivity index is 2.46. The van der Waals surface area contributed by atoms with E-state index in [9.17, 15) is 0 Å². The maximum Gasteiger partial charge on any atom is 0.132 e. The van der Waals surface area contributed by atoms with E-state index in [0.29, 0.717) is 17.9 Å². The predicted molar refractivity (Wildman–Crippen MR) is 53.0 cm³/mol. The molecule has 0 fully saturated rings. The number of hydrogen-bond donors (Lipinski definition) is 0. The third-order valence-electron chi connectivity index (χ3n) is 1.85. The summed E-state index contributed by atoms with van der Waals surface area (Å²) in [7, 11) is 1.57. The van der Waals surface area contributed by atoms with E-state index in [0.717, 1.165) is 10.4 Å². The average Bonchev–Trinajstić information content (AvgIpc) is 2.85. The van der Waals surface area contributed by atoms with Gasteiger partial charge in [-0.25, -0.2) is 0 Å². The molecule has 2 aromatic rings. The van der Waals surface area contributed by atoms with Gasteiger partial charge in [-0.15, -0.1) is 0 Å². The van der Waals surface area contributed by atoms with Gasteiger partial charge in [0.25, 0.3) is 0 Å². The van der Waals surface area contributed by atoms with Crippen LogP contribution in [0.25, 0.3) is 10.4 Å². The number of aromatic nitrogens is 2. The smallest absolute Gasteiger partial charge is 0.132 e. The minimum Gasteiger partial charge on any atom is -0.378 e. The summed E-state index contributed by atoms with van der Waals surface area (Å²) in [6, 6.07) is 2.12. The first-order valence-electron chi connectivity index (χ1n) is 4.14. The molecule has 0 aliphatic heterocycles. The highest BCUT2D eigenvalue weighted by atomic mass is 32.1. The molecule has 6 heteroatoms. The molecule has 0 aromatic carbocycles. The Labute approximate surface area is 90.1 Å². The maximum absolute atomic E-state index is 9.02. The summed E-state index contributed by atoms with van der Waals surface area (Å²) in [5.41, 5.74) is 1.96. The van der Waals surface area contributed by atoms with Gasteiger partial charge in [-0.2, -0.15) is 9.64 Å². The summed E-state index contributed by atoms with van der Waals surface area (Å²) in [6.07, 6.45) is 3.05. The van der Waals surface area contributed by atoms with Crippen LogP contribution >= 0.6 is 11.5 Å². The molecular formula is C9H7N3O2S. The van der Waals surface area contributed by atoms with Gasteiger partial charge in [0.1, 0.15) is 12.3 Å². The monoisotopic (exact) mass is 221 g/mol. The molecule has 0 unspecified atom stereocenters. The first kappa shape index (κ1) is 9.83. The molecule has 0 saturated heterocycles. The highest BCUT2D eigenvalue weighted by Crippen LogP contribution is 2.29. The van der Waals surface area contributed by atoms with Crippen LogP contribution in [-0.4, -0.2) is 16.6 Å². The molecule has 2 heterocycles. The zero-order valence-corrected chi connectivity index (χ0v) is 8.74. The molecule has 2 aromatic heterocycles. The lowest BCUT2D eigenvalue weighted by molar-refractivity contribution is 0.182. The van der Waals surface area contributed by atoms with Gasteiger partial charge in [0.15, 0.2) is 0 Å². The number of methoxy groups -OCH3 is 1. The molecule has 0 radical (unpaired) electrons. The topological polar surface area (TPSA) is 71.9 Å². The summed E-state index contributed by atoms with van der Waals surface area (Å²) < 4.78 is 13.8. The van der Waals surface area contributed by atoms with Crippen LogP contribution < -0.4 is 0 Å². The minimum absolute atomic E-state index is 0.338. The largest absolute Gasteiger partial charge is 0.378 e. The second-order valence-corrected chi connectivity index (χ2v) is 3.56. The number of nitriles is 1. The normalized spacial score (nSPS) is 10.1. The molecule has 0 spiro atoms. The van der Waals surface area contributed by atoms with Crippen LogP contribution in [0.1, 0.15) is 11.3 Å². The van der Waals surface area contributed by atoms with Gasteiger partial charge in [-0.05, 0) is 11.5 Å². The van der Waals surface area contributed by atoms with Crippen molar-refractivity contribution in [1.29, 1.82) is 5.26 Å². The molecule has 0 N–H and O–H groups in total. The van der Waals surface area contributed by atoms with Crippen molar-refractivity contribution in [2.24, 2.45) is 0 Å². The molecule has 0 bridgehead atoms. The summed E-state index contributed by atoms with van der Waals surface area (Å²) in [4.78, 5) is 0.769. The van der Waals surface area contributed by atoms with Crippen molar-refractivity contribution in [2.75, 3.05) is 7.11 Å². The Morgan fingerprint density at radius 2 is 2.53 bits per heavy atom. The van der Waals surface area contributed by atoms with E-state index in [1.165, 1.54) is 17.8 Å². The summed E-state index contributed by atoms with van der Waals surface area (Å²) in [5.74, 6) is 0. The van der Waals surface area contributed by atoms with Crippen molar-refractivity contribution in [3.63, 3.8) is 0 Å². The number of hydrogen-bond acceptors (Lipinski definition) is 6. The average molecular weight is 221 g/mol. The molecular weight excluding hydrogens is 214 g/mol. The molecule has 0 saturated carbocycles. The van der Waals surface area contributed by atoms with Crippen LogP contribution in [0.5, 0.6) is 0 Å². The Kier molecular flexibility index (Phi) is 2.76. The summed E-state index contributed by atoms with van der Waals surface area (Å²) >= 11 is 1.25. The maximum atomic E-state index is 9.02. The van der Waals surface area contributed by atoms with E-state index in [1.54, 1.807) is 13.3 Å². The van der Waals surface area contributed by atoms with Gasteiger partial charge in [-0.3, -0.25) is 0 Å². The highest BCUT2D eigenvalue weighted by Gasteiger charge is 2.15. The quantitative estimate of drug-likeness (QED) is 0.790. The zero-order chi connectivity index (χ0) is 10.7. The molecule has 15 heavy (non-hydrogen) atoms. The lowest BCUT2D eigenvalue weighted by Crippen LogP contribution is -1.90. The molecule has 5 nitrogen and oxygen atoms in total. The van der Waals surface area contributed by atoms with E-state index in [2.05, 4.69) is 15.6 Å². The van der Waals surface area contributed by atoms with Crippen molar-refractivity contribution in [3.05, 3.63) is 23.7 Å². The van der Waals surface area contributed by atoms with Gasteiger partial charge in [0, 0.05) is 7.11 Å². The Bertz CT molecular complexity index is 484. The fraction of sp³-hybridized carbons (Fsp3) is 0.222. The van der Waals surface area contributed by atoms with Crippen molar-refractivity contribution < 1.29 is 9.26 Å². The molecule has 0 aliphatic carbocycles. The number of nitrogens with zero attached hydrogens (tertiary/aromatic N) is 3. The van der Waals surface area contributed by atoms with E-state index < -0.39 is 0 Å². The van der Waals surface area contributed by atoms with E-state index >= 15 is 0 Å². The van der Waals surface area contributed by atoms with Gasteiger partial charge in [0.2, 0.25) is 0 Å². The zero-order valence-electron chi connectivity index (χ0n) is 7.93. The van der Waals surface area contributed by atoms with Crippen LogP contribution in [-0.2, 0) is 11.3 Å². The minimum atomic E-state index is 0.338. The van der Waals surface area contributed by atoms with Gasteiger partial charge >= 0.3 is 0 Å². The van der Waals surface area contributed by atoms with Crippen LogP contribution in [0.2, 0.25) is 0 Å². The van der Waals surface area contributed by atoms with Crippen LogP contribution in [0, 0.1) is 11.3 Å². The highest BCUT2D eigenvalue weighted by molar-refractivity contribution is 7.09. The summed E-state index contributed by atoms with van der Waals surface area (Å²) in [5, 5.41) is 12.6. The van der Waals surface area contributed by atoms with Crippen molar-refractivity contribution in [2.45, 2.75) is 6.61 Å². The first-order chi connectivity index (χ1) is 7.36. The molecule has 0 atom stereocenters. The molecule has 0 aliphatic rings. The van der Waals surface area contributed by atoms with E-state index in [4.69, 9.17) is 14.5 Å². The van der Waals surface area contributed by atoms with Crippen molar-refractivity contribution in [1.82, 2.24) is 9.53 Å². The van der Waals surface area contributed by atoms with Crippen LogP contribution in [0.3, 0.4) is 0 Å². The number of rotatable bonds is 3. The standard InChI is InChI=1S/C9H7N3O2S/c1-13-5-8-7(2-10)9(15-12-8)6-3-11-14-4-6/h3-4H,5H2,1H3. The molecule has 76 valence electrons. The molecule has 0 amide bonds. The fourth-order valence-corrected chi connectivity index (χ4v) is 1.99. The third-order valence-corrected chi connectivity index (χ3v) is 2.78. The SMILES string of the molecule is COCc1nsc(-c2cnoc2)c1C#N. The Hall–Kier alpha value is -1.71. The second kappa shape index (κ2) is 4.21. The van der Waals surface area contributed by atoms with Crippen LogP contribution in [0.15, 0.2) is 17.0 Å². The van der Waals surface area contributed by atoms with E-state index in [1.807, 2.05) is 0 Å². The Morgan fingerprint density at radius 1 is 1.67 bits per heavy atom. The Morgan fingerprint density at radius 3 is 3.13 bits per heavy atom. The second-order valence-electron chi connectivity index (χ2n) is 2.79. The van der Waals surface area contributed by atoms with Gasteiger partial charge < -0.3 is 9.26 Å². The predicted octanol–water partition coefficient (Wildman–Crippen LogP) is 1.82. The van der Waals surface area contributed by atoms with Crippen molar-refractivity contribution >= 4 is 11.5 Å². The number of ether oxygens (including phenoxy) is 1. The van der Waals surface area contributed by atoms with Gasteiger partial charge in [-0.1, -0.05) is 5.16 Å². The molecule has 2 rings (SSSR count). The summed E-state index contributed by atoms with van der Waals surface area (Å²) in [6.45, 7) is 0.338. The van der Waals surface area contributed by atoms with Gasteiger partial charge in [0.05, 0.1) is 34.5 Å². The van der Waals surface area contributed by atoms with Crippen LogP contribution in [0.4, 0.5) is 0 Å². The third kappa shape index (κ3) is 1.75. The fourth-order valence-electron chi connectivity index (χ4n) is 1.19. The first-order valence-corrected chi connectivity index (χ1v) is 4.91.